The molecule has 4 rings (SSSR count). The van der Waals surface area contributed by atoms with Gasteiger partial charge in [-0.25, -0.2) is 0 Å². The zero-order valence-corrected chi connectivity index (χ0v) is 16.5. The number of nitrogens with one attached hydrogen (secondary N) is 1. The number of rotatable bonds is 5. The summed E-state index contributed by atoms with van der Waals surface area (Å²) in [5, 5.41) is 6.35. The number of benzene rings is 3. The van der Waals surface area contributed by atoms with Crippen LogP contribution in [-0.4, -0.2) is 13.1 Å². The van der Waals surface area contributed by atoms with Gasteiger partial charge in [-0.2, -0.15) is 0 Å². The normalized spacial score (nSPS) is 15.8. The van der Waals surface area contributed by atoms with Crippen LogP contribution in [0.1, 0.15) is 18.4 Å². The first-order chi connectivity index (χ1) is 13.4. The maximum Gasteiger partial charge on any atom is -0.00431 e. The lowest BCUT2D eigenvalue weighted by Gasteiger charge is -2.27. The Labute approximate surface area is 163 Å². The first kappa shape index (κ1) is 18.2. The molecular formula is C25H26NP. The largest absolute Gasteiger partial charge is 0.317 e. The van der Waals surface area contributed by atoms with Gasteiger partial charge in [-0.1, -0.05) is 91.0 Å². The van der Waals surface area contributed by atoms with Crippen molar-refractivity contribution >= 4 is 24.1 Å². The number of hydrogen-bond acceptors (Lipinski definition) is 1. The van der Waals surface area contributed by atoms with Crippen LogP contribution in [-0.2, 0) is 0 Å². The molecule has 0 amide bonds. The first-order valence-corrected chi connectivity index (χ1v) is 11.2. The van der Waals surface area contributed by atoms with E-state index >= 15 is 0 Å². The third kappa shape index (κ3) is 4.56. The molecule has 1 nitrogen and oxygen atoms in total. The molecule has 1 fully saturated rings. The van der Waals surface area contributed by atoms with E-state index in [2.05, 4.69) is 102 Å². The van der Waals surface area contributed by atoms with E-state index < -0.39 is 7.92 Å². The standard InChI is InChI=1S/C25H26NP/c1-4-10-21(11-5-1)25(22-16-18-26-19-17-22)20-27(23-12-6-2-7-13-23)24-14-8-3-9-15-24/h1-15,20,22,26H,16-19H2/b25-20-. The molecule has 1 N–H and O–H groups in total. The molecular weight excluding hydrogens is 345 g/mol. The first-order valence-electron chi connectivity index (χ1n) is 9.79. The van der Waals surface area contributed by atoms with Crippen molar-refractivity contribution < 1.29 is 0 Å². The molecule has 0 aromatic heterocycles. The van der Waals surface area contributed by atoms with Crippen LogP contribution in [0.15, 0.2) is 96.8 Å². The second-order valence-corrected chi connectivity index (χ2v) is 9.05. The van der Waals surface area contributed by atoms with Gasteiger partial charge in [0.15, 0.2) is 0 Å². The van der Waals surface area contributed by atoms with Crippen molar-refractivity contribution in [2.24, 2.45) is 5.92 Å². The van der Waals surface area contributed by atoms with Crippen molar-refractivity contribution in [3.63, 3.8) is 0 Å². The van der Waals surface area contributed by atoms with Crippen molar-refractivity contribution in [3.8, 4) is 0 Å². The zero-order chi connectivity index (χ0) is 18.3. The highest BCUT2D eigenvalue weighted by atomic mass is 31.1. The molecule has 1 saturated heterocycles. The Morgan fingerprint density at radius 3 is 1.70 bits per heavy atom. The predicted octanol–water partition coefficient (Wildman–Crippen LogP) is 5.16. The van der Waals surface area contributed by atoms with Crippen molar-refractivity contribution in [1.82, 2.24) is 5.32 Å². The number of piperidine rings is 1. The monoisotopic (exact) mass is 371 g/mol. The van der Waals surface area contributed by atoms with Gasteiger partial charge in [0.05, 0.1) is 0 Å². The third-order valence-corrected chi connectivity index (χ3v) is 7.47. The zero-order valence-electron chi connectivity index (χ0n) is 15.6. The van der Waals surface area contributed by atoms with Crippen LogP contribution in [0.2, 0.25) is 0 Å². The molecule has 0 unspecified atom stereocenters. The summed E-state index contributed by atoms with van der Waals surface area (Å²) in [5.41, 5.74) is 2.90. The average molecular weight is 371 g/mol. The summed E-state index contributed by atoms with van der Waals surface area (Å²) >= 11 is 0. The van der Waals surface area contributed by atoms with Gasteiger partial charge in [-0.05, 0) is 67.3 Å². The molecule has 1 aliphatic rings. The Morgan fingerprint density at radius 1 is 0.704 bits per heavy atom. The van der Waals surface area contributed by atoms with E-state index in [9.17, 15) is 0 Å². The fourth-order valence-electron chi connectivity index (χ4n) is 3.79. The summed E-state index contributed by atoms with van der Waals surface area (Å²) < 4.78 is 0. The maximum atomic E-state index is 3.52. The quantitative estimate of drug-likeness (QED) is 0.611. The van der Waals surface area contributed by atoms with Crippen LogP contribution in [0.3, 0.4) is 0 Å². The third-order valence-electron chi connectivity index (χ3n) is 5.22. The molecule has 136 valence electrons. The van der Waals surface area contributed by atoms with Crippen LogP contribution < -0.4 is 15.9 Å². The SMILES string of the molecule is C(=C(\c1ccccc1)C1CCNCC1)/P(c1ccccc1)c1ccccc1. The van der Waals surface area contributed by atoms with Gasteiger partial charge >= 0.3 is 0 Å². The van der Waals surface area contributed by atoms with Crippen molar-refractivity contribution in [2.45, 2.75) is 12.8 Å². The Bertz CT molecular complexity index is 813. The van der Waals surface area contributed by atoms with Crippen LogP contribution in [0.5, 0.6) is 0 Å². The lowest BCUT2D eigenvalue weighted by atomic mass is 9.87. The fraction of sp³-hybridized carbons (Fsp3) is 0.200. The van der Waals surface area contributed by atoms with E-state index in [1.165, 1.54) is 34.6 Å². The molecule has 1 heterocycles. The summed E-state index contributed by atoms with van der Waals surface area (Å²) in [4.78, 5) is 0. The Morgan fingerprint density at radius 2 is 1.19 bits per heavy atom. The number of allylic oxidation sites excluding steroid dienone is 1. The Hall–Kier alpha value is -2.21. The van der Waals surface area contributed by atoms with Crippen LogP contribution in [0.25, 0.3) is 5.57 Å². The smallest absolute Gasteiger partial charge is 0.00431 e. The van der Waals surface area contributed by atoms with Gasteiger partial charge in [0.2, 0.25) is 0 Å². The molecule has 3 aromatic rings. The topological polar surface area (TPSA) is 12.0 Å². The Kier molecular flexibility index (Phi) is 6.14. The molecule has 0 radical (unpaired) electrons. The van der Waals surface area contributed by atoms with Gasteiger partial charge < -0.3 is 5.32 Å². The summed E-state index contributed by atoms with van der Waals surface area (Å²) in [6.45, 7) is 2.23. The molecule has 3 aromatic carbocycles. The van der Waals surface area contributed by atoms with Crippen LogP contribution >= 0.6 is 7.92 Å². The molecule has 0 atom stereocenters. The molecule has 0 aliphatic carbocycles. The van der Waals surface area contributed by atoms with E-state index in [-0.39, 0.29) is 0 Å². The minimum absolute atomic E-state index is 0.521. The van der Waals surface area contributed by atoms with E-state index in [0.29, 0.717) is 5.92 Å². The minimum atomic E-state index is -0.521. The number of hydrogen-bond donors (Lipinski definition) is 1. The molecule has 1 aliphatic heterocycles. The Balaban J connectivity index is 1.81. The molecule has 27 heavy (non-hydrogen) atoms. The highest BCUT2D eigenvalue weighted by Crippen LogP contribution is 2.42. The summed E-state index contributed by atoms with van der Waals surface area (Å²) in [5.74, 6) is 3.22. The van der Waals surface area contributed by atoms with Gasteiger partial charge in [0, 0.05) is 0 Å². The van der Waals surface area contributed by atoms with Crippen molar-refractivity contribution in [1.29, 1.82) is 0 Å². The second-order valence-electron chi connectivity index (χ2n) is 7.02. The van der Waals surface area contributed by atoms with E-state index in [1.807, 2.05) is 0 Å². The minimum Gasteiger partial charge on any atom is -0.317 e. The van der Waals surface area contributed by atoms with E-state index in [1.54, 1.807) is 0 Å². The summed E-state index contributed by atoms with van der Waals surface area (Å²) in [6, 6.07) is 33.0. The van der Waals surface area contributed by atoms with Crippen molar-refractivity contribution in [2.75, 3.05) is 13.1 Å². The maximum absolute atomic E-state index is 3.52. The van der Waals surface area contributed by atoms with Crippen LogP contribution in [0.4, 0.5) is 0 Å². The molecule has 0 saturated carbocycles. The second kappa shape index (κ2) is 9.13. The summed E-state index contributed by atoms with van der Waals surface area (Å²) in [6.07, 6.45) is 2.43. The molecule has 0 bridgehead atoms. The lowest BCUT2D eigenvalue weighted by Crippen LogP contribution is -2.28. The summed E-state index contributed by atoms with van der Waals surface area (Å²) in [7, 11) is -0.521. The molecule has 0 spiro atoms. The highest BCUT2D eigenvalue weighted by molar-refractivity contribution is 7.76. The van der Waals surface area contributed by atoms with Crippen molar-refractivity contribution in [3.05, 3.63) is 102 Å². The average Bonchev–Trinajstić information content (AvgIpc) is 2.77. The van der Waals surface area contributed by atoms with Gasteiger partial charge in [0.1, 0.15) is 0 Å². The van der Waals surface area contributed by atoms with Gasteiger partial charge in [-0.15, -0.1) is 0 Å². The van der Waals surface area contributed by atoms with E-state index in [0.717, 1.165) is 13.1 Å². The highest BCUT2D eigenvalue weighted by Gasteiger charge is 2.21. The van der Waals surface area contributed by atoms with Crippen LogP contribution in [0, 0.1) is 5.92 Å². The van der Waals surface area contributed by atoms with Gasteiger partial charge in [0.25, 0.3) is 0 Å². The van der Waals surface area contributed by atoms with Gasteiger partial charge in [-0.3, -0.25) is 0 Å². The lowest BCUT2D eigenvalue weighted by molar-refractivity contribution is 0.447. The van der Waals surface area contributed by atoms with E-state index in [4.69, 9.17) is 0 Å². The molecule has 2 heteroatoms. The predicted molar refractivity (Wildman–Crippen MR) is 119 cm³/mol. The fourth-order valence-corrected chi connectivity index (χ4v) is 6.01.